The number of hydrogen-bond donors (Lipinski definition) is 1. The van der Waals surface area contributed by atoms with Crippen molar-refractivity contribution in [3.63, 3.8) is 0 Å². The number of ketones is 1. The van der Waals surface area contributed by atoms with E-state index in [0.29, 0.717) is 18.9 Å². The molecule has 0 aliphatic rings. The van der Waals surface area contributed by atoms with Crippen molar-refractivity contribution < 1.29 is 28.7 Å². The highest BCUT2D eigenvalue weighted by Crippen LogP contribution is 2.26. The van der Waals surface area contributed by atoms with E-state index < -0.39 is 23.3 Å². The number of methoxy groups -OCH3 is 2. The highest BCUT2D eigenvalue weighted by molar-refractivity contribution is 6.01. The number of nitrogens with zero attached hydrogens (tertiary/aromatic N) is 1. The van der Waals surface area contributed by atoms with Crippen LogP contribution in [0.4, 0.5) is 11.4 Å². The lowest BCUT2D eigenvalue weighted by atomic mass is 10.1. The molecule has 0 aromatic heterocycles. The summed E-state index contributed by atoms with van der Waals surface area (Å²) in [4.78, 5) is 35.1. The maximum atomic E-state index is 12.2. The van der Waals surface area contributed by atoms with E-state index in [2.05, 4.69) is 5.32 Å². The molecule has 2 aromatic carbocycles. The minimum absolute atomic E-state index is 0.0307. The van der Waals surface area contributed by atoms with Crippen LogP contribution in [-0.4, -0.2) is 50.7 Å². The molecule has 0 saturated heterocycles. The molecule has 9 heteroatoms. The number of Topliss-reactive ketones (excluding diaryl/α,β-unsaturated/α-hetero) is 1. The molecule has 9 nitrogen and oxygen atoms in total. The van der Waals surface area contributed by atoms with Gasteiger partial charge in [-0.05, 0) is 24.3 Å². The second kappa shape index (κ2) is 10.0. The minimum Gasteiger partial charge on any atom is -0.496 e. The molecule has 2 aromatic rings. The van der Waals surface area contributed by atoms with E-state index in [1.807, 2.05) is 0 Å². The van der Waals surface area contributed by atoms with Gasteiger partial charge in [0.2, 0.25) is 5.78 Å². The monoisotopic (exact) mass is 388 g/mol. The molecule has 2 rings (SSSR count). The Morgan fingerprint density at radius 2 is 1.89 bits per heavy atom. The number of anilines is 1. The third kappa shape index (κ3) is 5.27. The molecular formula is C19H20N2O7. The molecule has 0 heterocycles. The van der Waals surface area contributed by atoms with Crippen molar-refractivity contribution in [2.45, 2.75) is 0 Å². The molecule has 0 spiro atoms. The average Bonchev–Trinajstić information content (AvgIpc) is 2.71. The molecule has 0 fully saturated rings. The molecule has 0 atom stereocenters. The van der Waals surface area contributed by atoms with Crippen molar-refractivity contribution in [3.05, 3.63) is 63.7 Å². The summed E-state index contributed by atoms with van der Waals surface area (Å²) in [6.45, 7) is 0.224. The number of ether oxygens (including phenoxy) is 3. The van der Waals surface area contributed by atoms with Gasteiger partial charge in [-0.15, -0.1) is 0 Å². The fourth-order valence-electron chi connectivity index (χ4n) is 2.41. The quantitative estimate of drug-likeness (QED) is 0.217. The number of nitro benzene ring substituents is 1. The molecule has 0 amide bonds. The molecule has 0 saturated carbocycles. The smallest absolute Gasteiger partial charge is 0.338 e. The number of nitrogens with one attached hydrogen (secondary N) is 1. The average molecular weight is 388 g/mol. The van der Waals surface area contributed by atoms with Crippen LogP contribution in [0.25, 0.3) is 0 Å². The fourth-order valence-corrected chi connectivity index (χ4v) is 2.41. The van der Waals surface area contributed by atoms with Crippen LogP contribution in [0, 0.1) is 10.1 Å². The van der Waals surface area contributed by atoms with Gasteiger partial charge in [0.05, 0.1) is 29.8 Å². The zero-order valence-corrected chi connectivity index (χ0v) is 15.5. The van der Waals surface area contributed by atoms with Crippen molar-refractivity contribution in [1.82, 2.24) is 0 Å². The highest BCUT2D eigenvalue weighted by Gasteiger charge is 2.20. The SMILES string of the molecule is COCCNc1ccc(C(=O)OCC(=O)c2ccccc2OC)cc1[N+](=O)[O-]. The van der Waals surface area contributed by atoms with Gasteiger partial charge >= 0.3 is 5.97 Å². The van der Waals surface area contributed by atoms with Gasteiger partial charge in [0.25, 0.3) is 5.69 Å². The van der Waals surface area contributed by atoms with Gasteiger partial charge in [0.1, 0.15) is 11.4 Å². The van der Waals surface area contributed by atoms with Crippen LogP contribution in [-0.2, 0) is 9.47 Å². The summed E-state index contributed by atoms with van der Waals surface area (Å²) in [7, 11) is 2.95. The van der Waals surface area contributed by atoms with Crippen LogP contribution in [0.5, 0.6) is 5.75 Å². The Kier molecular flexibility index (Phi) is 7.46. The third-order valence-corrected chi connectivity index (χ3v) is 3.79. The van der Waals surface area contributed by atoms with Gasteiger partial charge in [0.15, 0.2) is 6.61 Å². The summed E-state index contributed by atoms with van der Waals surface area (Å²) in [6, 6.07) is 10.4. The van der Waals surface area contributed by atoms with Gasteiger partial charge in [-0.25, -0.2) is 4.79 Å². The molecule has 0 aliphatic carbocycles. The Balaban J connectivity index is 2.08. The number of carbonyl (C=O) groups excluding carboxylic acids is 2. The molecule has 1 N–H and O–H groups in total. The van der Waals surface area contributed by atoms with Crippen LogP contribution in [0.1, 0.15) is 20.7 Å². The number of carbonyl (C=O) groups is 2. The van der Waals surface area contributed by atoms with Gasteiger partial charge in [-0.1, -0.05) is 12.1 Å². The predicted molar refractivity (Wildman–Crippen MR) is 101 cm³/mol. The first kappa shape index (κ1) is 20.8. The molecule has 0 unspecified atom stereocenters. The summed E-state index contributed by atoms with van der Waals surface area (Å²) in [5.41, 5.74) is 0.226. The van der Waals surface area contributed by atoms with Crippen molar-refractivity contribution in [1.29, 1.82) is 0 Å². The highest BCUT2D eigenvalue weighted by atomic mass is 16.6. The summed E-state index contributed by atoms with van der Waals surface area (Å²) in [5, 5.41) is 14.1. The Morgan fingerprint density at radius 1 is 1.14 bits per heavy atom. The largest absolute Gasteiger partial charge is 0.496 e. The third-order valence-electron chi connectivity index (χ3n) is 3.79. The van der Waals surface area contributed by atoms with E-state index in [1.165, 1.54) is 26.4 Å². The summed E-state index contributed by atoms with van der Waals surface area (Å²) < 4.78 is 15.0. The lowest BCUT2D eigenvalue weighted by Crippen LogP contribution is -2.15. The lowest BCUT2D eigenvalue weighted by Gasteiger charge is -2.09. The number of hydrogen-bond acceptors (Lipinski definition) is 8. The zero-order valence-electron chi connectivity index (χ0n) is 15.5. The Morgan fingerprint density at radius 3 is 2.57 bits per heavy atom. The molecule has 0 bridgehead atoms. The van der Waals surface area contributed by atoms with Gasteiger partial charge in [-0.2, -0.15) is 0 Å². The molecule has 28 heavy (non-hydrogen) atoms. The Bertz CT molecular complexity index is 867. The van der Waals surface area contributed by atoms with Crippen molar-refractivity contribution in [2.75, 3.05) is 39.3 Å². The van der Waals surface area contributed by atoms with Gasteiger partial charge in [-0.3, -0.25) is 14.9 Å². The van der Waals surface area contributed by atoms with Crippen molar-refractivity contribution in [2.24, 2.45) is 0 Å². The first-order valence-electron chi connectivity index (χ1n) is 8.32. The number of rotatable bonds is 10. The van der Waals surface area contributed by atoms with E-state index in [9.17, 15) is 19.7 Å². The number of para-hydroxylation sites is 1. The maximum absolute atomic E-state index is 12.2. The normalized spacial score (nSPS) is 10.2. The minimum atomic E-state index is -0.838. The summed E-state index contributed by atoms with van der Waals surface area (Å²) in [6.07, 6.45) is 0. The van der Waals surface area contributed by atoms with Gasteiger partial charge < -0.3 is 19.5 Å². The maximum Gasteiger partial charge on any atom is 0.338 e. The predicted octanol–water partition coefficient (Wildman–Crippen LogP) is 2.70. The topological polar surface area (TPSA) is 117 Å². The van der Waals surface area contributed by atoms with Crippen molar-refractivity contribution >= 4 is 23.1 Å². The van der Waals surface area contributed by atoms with E-state index in [-0.39, 0.29) is 22.5 Å². The first-order valence-corrected chi connectivity index (χ1v) is 8.32. The zero-order chi connectivity index (χ0) is 20.5. The molecule has 0 radical (unpaired) electrons. The molecule has 148 valence electrons. The molecular weight excluding hydrogens is 368 g/mol. The van der Waals surface area contributed by atoms with E-state index >= 15 is 0 Å². The second-order valence-corrected chi connectivity index (χ2v) is 5.61. The van der Waals surface area contributed by atoms with E-state index in [4.69, 9.17) is 14.2 Å². The van der Waals surface area contributed by atoms with Crippen LogP contribution >= 0.6 is 0 Å². The standard InChI is InChI=1S/C19H20N2O7/c1-26-10-9-20-15-8-7-13(11-16(15)21(24)25)19(23)28-12-17(22)14-5-3-4-6-18(14)27-2/h3-8,11,20H,9-10,12H2,1-2H3. The number of esters is 1. The van der Waals surface area contributed by atoms with E-state index in [0.717, 1.165) is 6.07 Å². The summed E-state index contributed by atoms with van der Waals surface area (Å²) >= 11 is 0. The fraction of sp³-hybridized carbons (Fsp3) is 0.263. The lowest BCUT2D eigenvalue weighted by molar-refractivity contribution is -0.384. The Hall–Kier alpha value is -3.46. The second-order valence-electron chi connectivity index (χ2n) is 5.61. The van der Waals surface area contributed by atoms with Gasteiger partial charge in [0, 0.05) is 19.7 Å². The number of benzene rings is 2. The van der Waals surface area contributed by atoms with Crippen LogP contribution in [0.2, 0.25) is 0 Å². The van der Waals surface area contributed by atoms with Crippen LogP contribution in [0.15, 0.2) is 42.5 Å². The summed E-state index contributed by atoms with van der Waals surface area (Å²) in [5.74, 6) is -0.918. The first-order chi connectivity index (χ1) is 13.5. The number of nitro groups is 1. The van der Waals surface area contributed by atoms with Crippen molar-refractivity contribution in [3.8, 4) is 5.75 Å². The van der Waals surface area contributed by atoms with Crippen LogP contribution in [0.3, 0.4) is 0 Å². The van der Waals surface area contributed by atoms with Crippen LogP contribution < -0.4 is 10.1 Å². The molecule has 0 aliphatic heterocycles. The van der Waals surface area contributed by atoms with E-state index in [1.54, 1.807) is 24.3 Å². The Labute approximate surface area is 161 Å².